The first-order chi connectivity index (χ1) is 6.96. The lowest BCUT2D eigenvalue weighted by Gasteiger charge is -2.11. The van der Waals surface area contributed by atoms with E-state index in [-0.39, 0.29) is 11.5 Å². The van der Waals surface area contributed by atoms with Crippen LogP contribution >= 0.6 is 20.5 Å². The Morgan fingerprint density at radius 1 is 1.40 bits per heavy atom. The van der Waals surface area contributed by atoms with Gasteiger partial charge in [0, 0.05) is 5.75 Å². The third-order valence-electron chi connectivity index (χ3n) is 1.63. The van der Waals surface area contributed by atoms with Gasteiger partial charge in [-0.3, -0.25) is 9.79 Å². The van der Waals surface area contributed by atoms with Gasteiger partial charge in [-0.15, -0.1) is 0 Å². The summed E-state index contributed by atoms with van der Waals surface area (Å²) < 4.78 is 20.0. The van der Waals surface area contributed by atoms with Crippen molar-refractivity contribution in [3.63, 3.8) is 0 Å². The summed E-state index contributed by atoms with van der Waals surface area (Å²) in [7, 11) is -3.17. The van der Waals surface area contributed by atoms with Crippen LogP contribution in [0.4, 0.5) is 0 Å². The first-order valence-electron chi connectivity index (χ1n) is 3.99. The van der Waals surface area contributed by atoms with Gasteiger partial charge in [-0.2, -0.15) is 12.6 Å². The van der Waals surface area contributed by atoms with Crippen LogP contribution in [0.5, 0.6) is 11.5 Å². The van der Waals surface area contributed by atoms with E-state index in [0.29, 0.717) is 5.75 Å². The number of phosphoric ester groups is 1. The van der Waals surface area contributed by atoms with Crippen molar-refractivity contribution in [1.29, 1.82) is 0 Å². The number of hydrogen-bond acceptors (Lipinski definition) is 4. The number of hydrogen-bond donors (Lipinski definition) is 3. The Kier molecular flexibility index (Phi) is 4.04. The third-order valence-corrected chi connectivity index (χ3v) is 2.43. The summed E-state index contributed by atoms with van der Waals surface area (Å²) in [6.45, 7) is 0. The summed E-state index contributed by atoms with van der Waals surface area (Å²) in [6, 6.07) is 4.78. The lowest BCUT2D eigenvalue weighted by Crippen LogP contribution is -1.95. The van der Waals surface area contributed by atoms with E-state index in [1.54, 1.807) is 12.1 Å². The van der Waals surface area contributed by atoms with E-state index >= 15 is 0 Å². The second kappa shape index (κ2) is 4.90. The highest BCUT2D eigenvalue weighted by atomic mass is 32.1. The highest BCUT2D eigenvalue weighted by molar-refractivity contribution is 7.79. The van der Waals surface area contributed by atoms with E-state index in [1.807, 2.05) is 0 Å². The summed E-state index contributed by atoms with van der Waals surface area (Å²) in [6.07, 6.45) is 0. The minimum Gasteiger partial charge on any atom is -0.493 e. The van der Waals surface area contributed by atoms with Crippen LogP contribution in [-0.4, -0.2) is 16.9 Å². The maximum atomic E-state index is 10.7. The fourth-order valence-electron chi connectivity index (χ4n) is 1.02. The van der Waals surface area contributed by atoms with Gasteiger partial charge in [0.1, 0.15) is 0 Å². The van der Waals surface area contributed by atoms with E-state index in [1.165, 1.54) is 13.2 Å². The predicted octanol–water partition coefficient (Wildman–Crippen LogP) is 1.60. The molecule has 0 unspecified atom stereocenters. The van der Waals surface area contributed by atoms with Gasteiger partial charge in [0.05, 0.1) is 7.11 Å². The maximum Gasteiger partial charge on any atom is 0.524 e. The van der Waals surface area contributed by atoms with Crippen molar-refractivity contribution < 1.29 is 23.6 Å². The van der Waals surface area contributed by atoms with E-state index in [9.17, 15) is 4.57 Å². The quantitative estimate of drug-likeness (QED) is 0.559. The van der Waals surface area contributed by atoms with E-state index in [0.717, 1.165) is 5.56 Å². The third kappa shape index (κ3) is 3.76. The largest absolute Gasteiger partial charge is 0.524 e. The maximum absolute atomic E-state index is 10.7. The number of benzene rings is 1. The number of methoxy groups -OCH3 is 1. The zero-order chi connectivity index (χ0) is 11.5. The van der Waals surface area contributed by atoms with Crippen LogP contribution in [0.2, 0.25) is 0 Å². The van der Waals surface area contributed by atoms with Crippen molar-refractivity contribution in [3.05, 3.63) is 23.8 Å². The molecule has 5 nitrogen and oxygen atoms in total. The van der Waals surface area contributed by atoms with Crippen molar-refractivity contribution in [2.45, 2.75) is 5.75 Å². The smallest absolute Gasteiger partial charge is 0.493 e. The molecule has 0 saturated heterocycles. The lowest BCUT2D eigenvalue weighted by atomic mass is 10.2. The first-order valence-corrected chi connectivity index (χ1v) is 6.15. The van der Waals surface area contributed by atoms with Crippen LogP contribution in [0.1, 0.15) is 5.56 Å². The predicted molar refractivity (Wildman–Crippen MR) is 58.4 cm³/mol. The van der Waals surface area contributed by atoms with Crippen molar-refractivity contribution in [2.24, 2.45) is 0 Å². The molecule has 2 N–H and O–H groups in total. The average molecular weight is 250 g/mol. The van der Waals surface area contributed by atoms with Gasteiger partial charge in [0.25, 0.3) is 0 Å². The topological polar surface area (TPSA) is 76.0 Å². The monoisotopic (exact) mass is 250 g/mol. The number of phosphoric acid groups is 1. The number of thiol groups is 1. The van der Waals surface area contributed by atoms with Gasteiger partial charge in [0.2, 0.25) is 0 Å². The average Bonchev–Trinajstić information content (AvgIpc) is 2.15. The molecule has 0 aromatic heterocycles. The SMILES string of the molecule is COc1ccc(CS)cc1OP(=O)(O)O. The number of ether oxygens (including phenoxy) is 1. The molecule has 15 heavy (non-hydrogen) atoms. The zero-order valence-electron chi connectivity index (χ0n) is 7.95. The van der Waals surface area contributed by atoms with Crippen LogP contribution in [-0.2, 0) is 10.3 Å². The molecule has 0 aliphatic heterocycles. The molecular weight excluding hydrogens is 239 g/mol. The van der Waals surface area contributed by atoms with E-state index in [2.05, 4.69) is 17.2 Å². The molecule has 0 spiro atoms. The van der Waals surface area contributed by atoms with Crippen molar-refractivity contribution in [3.8, 4) is 11.5 Å². The lowest BCUT2D eigenvalue weighted by molar-refractivity contribution is 0.276. The van der Waals surface area contributed by atoms with Gasteiger partial charge in [0.15, 0.2) is 11.5 Å². The molecule has 84 valence electrons. The molecule has 7 heteroatoms. The van der Waals surface area contributed by atoms with Crippen LogP contribution in [0, 0.1) is 0 Å². The fraction of sp³-hybridized carbons (Fsp3) is 0.250. The second-order valence-electron chi connectivity index (χ2n) is 2.73. The summed E-state index contributed by atoms with van der Waals surface area (Å²) in [5.41, 5.74) is 0.780. The van der Waals surface area contributed by atoms with E-state index in [4.69, 9.17) is 14.5 Å². The van der Waals surface area contributed by atoms with Gasteiger partial charge in [-0.05, 0) is 17.7 Å². The van der Waals surface area contributed by atoms with Crippen molar-refractivity contribution in [2.75, 3.05) is 7.11 Å². The minimum absolute atomic E-state index is 0.0115. The Labute approximate surface area is 92.7 Å². The molecular formula is C8H11O5PS. The summed E-state index contributed by atoms with van der Waals surface area (Å²) in [5.74, 6) is 0.725. The molecule has 0 saturated carbocycles. The Bertz CT molecular complexity index is 389. The normalized spacial score (nSPS) is 11.2. The molecule has 0 fully saturated rings. The molecule has 0 amide bonds. The minimum atomic E-state index is -4.56. The van der Waals surface area contributed by atoms with Gasteiger partial charge >= 0.3 is 7.82 Å². The summed E-state index contributed by atoms with van der Waals surface area (Å²) in [5, 5.41) is 0. The Hall–Kier alpha value is -0.680. The molecule has 1 rings (SSSR count). The van der Waals surface area contributed by atoms with Crippen LogP contribution in [0.15, 0.2) is 18.2 Å². The summed E-state index contributed by atoms with van der Waals surface area (Å²) >= 11 is 4.04. The van der Waals surface area contributed by atoms with Gasteiger partial charge in [-0.1, -0.05) is 6.07 Å². The standard InChI is InChI=1S/C8H11O5PS/c1-12-7-3-2-6(5-15)4-8(7)13-14(9,10)11/h2-4,15H,5H2,1H3,(H2,9,10,11). The van der Waals surface area contributed by atoms with E-state index < -0.39 is 7.82 Å². The zero-order valence-corrected chi connectivity index (χ0v) is 9.74. The Morgan fingerprint density at radius 2 is 2.07 bits per heavy atom. The van der Waals surface area contributed by atoms with Crippen LogP contribution in [0.3, 0.4) is 0 Å². The van der Waals surface area contributed by atoms with Crippen LogP contribution < -0.4 is 9.26 Å². The van der Waals surface area contributed by atoms with Gasteiger partial charge in [-0.25, -0.2) is 4.57 Å². The summed E-state index contributed by atoms with van der Waals surface area (Å²) in [4.78, 5) is 17.3. The van der Waals surface area contributed by atoms with Gasteiger partial charge < -0.3 is 9.26 Å². The molecule has 0 bridgehead atoms. The molecule has 0 aliphatic rings. The van der Waals surface area contributed by atoms with Crippen molar-refractivity contribution in [1.82, 2.24) is 0 Å². The Balaban J connectivity index is 3.06. The molecule has 0 atom stereocenters. The molecule has 1 aromatic carbocycles. The molecule has 1 aromatic rings. The first kappa shape index (κ1) is 12.4. The second-order valence-corrected chi connectivity index (χ2v) is 4.21. The number of rotatable bonds is 4. The molecule has 0 aliphatic carbocycles. The molecule has 0 heterocycles. The van der Waals surface area contributed by atoms with Crippen LogP contribution in [0.25, 0.3) is 0 Å². The molecule has 0 radical (unpaired) electrons. The van der Waals surface area contributed by atoms with Crippen molar-refractivity contribution >= 4 is 20.5 Å². The fourth-order valence-corrected chi connectivity index (χ4v) is 1.61. The Morgan fingerprint density at radius 3 is 2.53 bits per heavy atom. The highest BCUT2D eigenvalue weighted by Gasteiger charge is 2.19. The highest BCUT2D eigenvalue weighted by Crippen LogP contribution is 2.42.